The molecule has 0 heterocycles. The molecule has 0 amide bonds. The minimum absolute atomic E-state index is 0.209. The average Bonchev–Trinajstić information content (AvgIpc) is 2.35. The lowest BCUT2D eigenvalue weighted by Crippen LogP contribution is -2.17. The standard InChI is InChI=1S/C12H17NO5/c1-16-7-4-9(17-2)12(10(5-7)18-3)8(13)6-11(14)15/h4-5,8H,6,13H2,1-3H3,(H,14,15)/t8-/m0/s1. The minimum atomic E-state index is -0.984. The SMILES string of the molecule is COc1cc(OC)c([C@@H](N)CC(=O)O)c(OC)c1. The third-order valence-corrected chi connectivity index (χ3v) is 2.52. The van der Waals surface area contributed by atoms with Crippen LogP contribution in [0.3, 0.4) is 0 Å². The number of carboxylic acid groups (broad SMARTS) is 1. The van der Waals surface area contributed by atoms with Crippen LogP contribution in [0.5, 0.6) is 17.2 Å². The quantitative estimate of drug-likeness (QED) is 0.793. The number of hydrogen-bond acceptors (Lipinski definition) is 5. The molecule has 1 rings (SSSR count). The van der Waals surface area contributed by atoms with Crippen LogP contribution in [-0.2, 0) is 4.79 Å². The number of carbonyl (C=O) groups is 1. The lowest BCUT2D eigenvalue weighted by molar-refractivity contribution is -0.137. The van der Waals surface area contributed by atoms with Crippen LogP contribution in [0.4, 0.5) is 0 Å². The van der Waals surface area contributed by atoms with Crippen LogP contribution >= 0.6 is 0 Å². The van der Waals surface area contributed by atoms with Crippen LogP contribution in [0, 0.1) is 0 Å². The van der Waals surface area contributed by atoms with Crippen molar-refractivity contribution in [2.45, 2.75) is 12.5 Å². The largest absolute Gasteiger partial charge is 0.496 e. The zero-order valence-corrected chi connectivity index (χ0v) is 10.6. The fraction of sp³-hybridized carbons (Fsp3) is 0.417. The molecular formula is C12H17NO5. The molecule has 0 aliphatic rings. The molecule has 0 unspecified atom stereocenters. The summed E-state index contributed by atoms with van der Waals surface area (Å²) < 4.78 is 15.5. The topological polar surface area (TPSA) is 91.0 Å². The molecule has 0 aliphatic heterocycles. The molecule has 0 saturated heterocycles. The molecule has 0 aromatic heterocycles. The van der Waals surface area contributed by atoms with Crippen LogP contribution in [0.1, 0.15) is 18.0 Å². The summed E-state index contributed by atoms with van der Waals surface area (Å²) >= 11 is 0. The van der Waals surface area contributed by atoms with Gasteiger partial charge in [-0.15, -0.1) is 0 Å². The van der Waals surface area contributed by atoms with Gasteiger partial charge in [-0.2, -0.15) is 0 Å². The van der Waals surface area contributed by atoms with Gasteiger partial charge in [0.15, 0.2) is 0 Å². The molecular weight excluding hydrogens is 238 g/mol. The number of aliphatic carboxylic acids is 1. The van der Waals surface area contributed by atoms with Crippen LogP contribution in [-0.4, -0.2) is 32.4 Å². The van der Waals surface area contributed by atoms with Crippen molar-refractivity contribution in [2.75, 3.05) is 21.3 Å². The molecule has 1 aromatic rings. The van der Waals surface area contributed by atoms with Crippen molar-refractivity contribution in [1.29, 1.82) is 0 Å². The van der Waals surface area contributed by atoms with Gasteiger partial charge in [0.05, 0.1) is 33.3 Å². The molecule has 1 aromatic carbocycles. The van der Waals surface area contributed by atoms with Gasteiger partial charge in [0, 0.05) is 18.2 Å². The predicted molar refractivity (Wildman–Crippen MR) is 65.3 cm³/mol. The highest BCUT2D eigenvalue weighted by Crippen LogP contribution is 2.38. The first-order valence-electron chi connectivity index (χ1n) is 5.30. The first kappa shape index (κ1) is 14.1. The highest BCUT2D eigenvalue weighted by Gasteiger charge is 2.21. The van der Waals surface area contributed by atoms with Gasteiger partial charge in [-0.05, 0) is 0 Å². The number of carboxylic acids is 1. The number of benzene rings is 1. The van der Waals surface area contributed by atoms with E-state index in [0.717, 1.165) is 0 Å². The monoisotopic (exact) mass is 255 g/mol. The molecule has 100 valence electrons. The van der Waals surface area contributed by atoms with Crippen molar-refractivity contribution >= 4 is 5.97 Å². The van der Waals surface area contributed by atoms with E-state index < -0.39 is 12.0 Å². The van der Waals surface area contributed by atoms with Gasteiger partial charge < -0.3 is 25.1 Å². The van der Waals surface area contributed by atoms with E-state index in [1.54, 1.807) is 12.1 Å². The Balaban J connectivity index is 3.25. The number of rotatable bonds is 6. The van der Waals surface area contributed by atoms with Crippen molar-refractivity contribution in [1.82, 2.24) is 0 Å². The van der Waals surface area contributed by atoms with Crippen molar-refractivity contribution in [3.05, 3.63) is 17.7 Å². The predicted octanol–water partition coefficient (Wildman–Crippen LogP) is 1.19. The maximum Gasteiger partial charge on any atom is 0.305 e. The maximum absolute atomic E-state index is 10.7. The fourth-order valence-corrected chi connectivity index (χ4v) is 1.69. The third kappa shape index (κ3) is 3.04. The van der Waals surface area contributed by atoms with Crippen molar-refractivity contribution in [2.24, 2.45) is 5.73 Å². The summed E-state index contributed by atoms with van der Waals surface area (Å²) in [5.41, 5.74) is 6.38. The summed E-state index contributed by atoms with van der Waals surface area (Å²) in [6, 6.07) is 2.57. The second kappa shape index (κ2) is 6.11. The summed E-state index contributed by atoms with van der Waals surface area (Å²) in [5.74, 6) is 0.456. The summed E-state index contributed by atoms with van der Waals surface area (Å²) in [6.45, 7) is 0. The van der Waals surface area contributed by atoms with E-state index in [9.17, 15) is 4.79 Å². The molecule has 3 N–H and O–H groups in total. The van der Waals surface area contributed by atoms with E-state index in [1.807, 2.05) is 0 Å². The Labute approximate surface area is 105 Å². The van der Waals surface area contributed by atoms with E-state index in [2.05, 4.69) is 0 Å². The van der Waals surface area contributed by atoms with Gasteiger partial charge in [0.25, 0.3) is 0 Å². The molecule has 0 saturated carbocycles. The highest BCUT2D eigenvalue weighted by atomic mass is 16.5. The van der Waals surface area contributed by atoms with Crippen molar-refractivity contribution in [3.8, 4) is 17.2 Å². The Morgan fingerprint density at radius 1 is 1.22 bits per heavy atom. The zero-order valence-electron chi connectivity index (χ0n) is 10.6. The Morgan fingerprint density at radius 3 is 2.06 bits per heavy atom. The van der Waals surface area contributed by atoms with Crippen LogP contribution < -0.4 is 19.9 Å². The second-order valence-corrected chi connectivity index (χ2v) is 3.65. The number of ether oxygens (including phenoxy) is 3. The summed E-state index contributed by atoms with van der Waals surface area (Å²) in [7, 11) is 4.47. The van der Waals surface area contributed by atoms with Gasteiger partial charge in [0.2, 0.25) is 0 Å². The van der Waals surface area contributed by atoms with Crippen molar-refractivity contribution in [3.63, 3.8) is 0 Å². The van der Waals surface area contributed by atoms with Gasteiger partial charge >= 0.3 is 5.97 Å². The van der Waals surface area contributed by atoms with E-state index in [-0.39, 0.29) is 6.42 Å². The molecule has 6 heteroatoms. The molecule has 6 nitrogen and oxygen atoms in total. The Bertz CT molecular complexity index is 407. The average molecular weight is 255 g/mol. The molecule has 0 aliphatic carbocycles. The molecule has 0 bridgehead atoms. The summed E-state index contributed by atoms with van der Waals surface area (Å²) in [5, 5.41) is 8.79. The van der Waals surface area contributed by atoms with Gasteiger partial charge in [-0.25, -0.2) is 0 Å². The van der Waals surface area contributed by atoms with Gasteiger partial charge in [-0.3, -0.25) is 4.79 Å². The Kier molecular flexibility index (Phi) is 4.79. The van der Waals surface area contributed by atoms with E-state index in [4.69, 9.17) is 25.1 Å². The van der Waals surface area contributed by atoms with E-state index in [0.29, 0.717) is 22.8 Å². The Morgan fingerprint density at radius 2 is 1.72 bits per heavy atom. The lowest BCUT2D eigenvalue weighted by atomic mass is 10.0. The fourth-order valence-electron chi connectivity index (χ4n) is 1.69. The second-order valence-electron chi connectivity index (χ2n) is 3.65. The Hall–Kier alpha value is -1.95. The molecule has 18 heavy (non-hydrogen) atoms. The van der Waals surface area contributed by atoms with Crippen LogP contribution in [0.2, 0.25) is 0 Å². The van der Waals surface area contributed by atoms with Crippen LogP contribution in [0.15, 0.2) is 12.1 Å². The zero-order chi connectivity index (χ0) is 13.7. The van der Waals surface area contributed by atoms with E-state index in [1.165, 1.54) is 21.3 Å². The van der Waals surface area contributed by atoms with Gasteiger partial charge in [0.1, 0.15) is 17.2 Å². The first-order chi connectivity index (χ1) is 8.53. The lowest BCUT2D eigenvalue weighted by Gasteiger charge is -2.18. The summed E-state index contributed by atoms with van der Waals surface area (Å²) in [6.07, 6.45) is -0.209. The molecule has 1 atom stereocenters. The number of methoxy groups -OCH3 is 3. The van der Waals surface area contributed by atoms with Gasteiger partial charge in [-0.1, -0.05) is 0 Å². The first-order valence-corrected chi connectivity index (χ1v) is 5.30. The third-order valence-electron chi connectivity index (χ3n) is 2.52. The minimum Gasteiger partial charge on any atom is -0.496 e. The molecule has 0 radical (unpaired) electrons. The number of nitrogens with two attached hydrogens (primary N) is 1. The van der Waals surface area contributed by atoms with Crippen LogP contribution in [0.25, 0.3) is 0 Å². The van der Waals surface area contributed by atoms with E-state index >= 15 is 0 Å². The maximum atomic E-state index is 10.7. The normalized spacial score (nSPS) is 11.8. The molecule has 0 spiro atoms. The number of hydrogen-bond donors (Lipinski definition) is 2. The summed E-state index contributed by atoms with van der Waals surface area (Å²) in [4.78, 5) is 10.7. The highest BCUT2D eigenvalue weighted by molar-refractivity contribution is 5.69. The van der Waals surface area contributed by atoms with Crippen molar-refractivity contribution < 1.29 is 24.1 Å². The molecule has 0 fully saturated rings. The smallest absolute Gasteiger partial charge is 0.305 e.